The monoisotopic (exact) mass is 917 g/mol. The SMILES string of the molecule is CCN1CCc2cc(OC)c(OC)cc2C1C1CC(C(=O)N2CCN(c3cc(C)cc(C)n3)CC2)CCC12c1cc(OC)c(OC)cc1CCN2C(=O)CCN(C)C(=O)OCc1ccccc1. The van der Waals surface area contributed by atoms with Gasteiger partial charge in [0, 0.05) is 82.9 Å². The standard InChI is InChI=1S/C53H68N6O8/c1-9-56-21-16-38-30-44(63-5)46(65-7)32-41(38)50(56)43-29-40(51(61)58-25-23-57(24-26-58)48-28-35(2)27-36(3)54-48)15-19-53(43)42-33-47(66-8)45(64-6)31-39(42)17-22-59(53)49(60)18-20-55(4)52(62)67-34-37-13-11-10-12-14-37/h10-14,27-28,30-33,40,43,50H,9,15-26,29,34H2,1-8H3. The van der Waals surface area contributed by atoms with Crippen molar-refractivity contribution in [3.8, 4) is 23.0 Å². The third-order valence-corrected chi connectivity index (χ3v) is 14.8. The largest absolute Gasteiger partial charge is 0.493 e. The number of hydrogen-bond donors (Lipinski definition) is 0. The average Bonchev–Trinajstić information content (AvgIpc) is 3.35. The van der Waals surface area contributed by atoms with Crippen molar-refractivity contribution in [2.45, 2.75) is 77.5 Å². The quantitative estimate of drug-likeness (QED) is 0.134. The Labute approximate surface area is 396 Å². The van der Waals surface area contributed by atoms with Gasteiger partial charge >= 0.3 is 6.09 Å². The third kappa shape index (κ3) is 9.46. The van der Waals surface area contributed by atoms with E-state index < -0.39 is 11.6 Å². The highest BCUT2D eigenvalue weighted by atomic mass is 16.6. The van der Waals surface area contributed by atoms with Crippen molar-refractivity contribution in [3.05, 3.63) is 106 Å². The van der Waals surface area contributed by atoms with E-state index >= 15 is 9.59 Å². The number of aryl methyl sites for hydroxylation is 2. The van der Waals surface area contributed by atoms with E-state index in [0.29, 0.717) is 81.4 Å². The Hall–Kier alpha value is -6.02. The molecule has 0 N–H and O–H groups in total. The zero-order valence-corrected chi connectivity index (χ0v) is 40.6. The molecule has 0 radical (unpaired) electrons. The van der Waals surface area contributed by atoms with E-state index in [-0.39, 0.29) is 49.3 Å². The summed E-state index contributed by atoms with van der Waals surface area (Å²) in [5, 5.41) is 0. The second-order valence-corrected chi connectivity index (χ2v) is 18.6. The van der Waals surface area contributed by atoms with Gasteiger partial charge in [0.15, 0.2) is 23.0 Å². The topological polar surface area (TPSA) is 126 Å². The van der Waals surface area contributed by atoms with E-state index in [1.54, 1.807) is 35.5 Å². The molecule has 14 heteroatoms. The molecular formula is C53H68N6O8. The fraction of sp³-hybridized carbons (Fsp3) is 0.509. The summed E-state index contributed by atoms with van der Waals surface area (Å²) < 4.78 is 29.4. The lowest BCUT2D eigenvalue weighted by molar-refractivity contribution is -0.153. The molecule has 3 aromatic carbocycles. The Morgan fingerprint density at radius 2 is 1.45 bits per heavy atom. The Bertz CT molecular complexity index is 2400. The number of carbonyl (C=O) groups excluding carboxylic acids is 3. The number of benzene rings is 3. The average molecular weight is 917 g/mol. The Kier molecular flexibility index (Phi) is 14.5. The lowest BCUT2D eigenvalue weighted by atomic mass is 9.58. The molecule has 358 valence electrons. The van der Waals surface area contributed by atoms with Gasteiger partial charge in [-0.3, -0.25) is 14.5 Å². The Balaban J connectivity index is 1.18. The highest BCUT2D eigenvalue weighted by Crippen LogP contribution is 2.59. The minimum Gasteiger partial charge on any atom is -0.493 e. The Morgan fingerprint density at radius 3 is 2.12 bits per heavy atom. The minimum atomic E-state index is -0.860. The maximum absolute atomic E-state index is 15.3. The fourth-order valence-electron chi connectivity index (χ4n) is 11.5. The number of nitrogens with zero attached hydrogens (tertiary/aromatic N) is 6. The molecule has 4 atom stereocenters. The molecule has 4 heterocycles. The van der Waals surface area contributed by atoms with Crippen molar-refractivity contribution in [2.75, 3.05) is 92.7 Å². The fourth-order valence-corrected chi connectivity index (χ4v) is 11.5. The lowest BCUT2D eigenvalue weighted by Gasteiger charge is -2.59. The first-order valence-corrected chi connectivity index (χ1v) is 23.9. The van der Waals surface area contributed by atoms with Gasteiger partial charge in [-0.2, -0.15) is 0 Å². The summed E-state index contributed by atoms with van der Waals surface area (Å²) in [6, 6.07) is 22.0. The molecule has 8 rings (SSSR count). The van der Waals surface area contributed by atoms with Crippen LogP contribution in [0.2, 0.25) is 0 Å². The van der Waals surface area contributed by atoms with Crippen molar-refractivity contribution in [2.24, 2.45) is 11.8 Å². The van der Waals surface area contributed by atoms with Crippen molar-refractivity contribution in [3.63, 3.8) is 0 Å². The number of pyridine rings is 1. The van der Waals surface area contributed by atoms with Gasteiger partial charge in [-0.1, -0.05) is 37.3 Å². The molecule has 1 saturated heterocycles. The number of fused-ring (bicyclic) bond motifs is 3. The normalized spacial score (nSPS) is 21.6. The molecule has 1 spiro atoms. The minimum absolute atomic E-state index is 0.0552. The van der Waals surface area contributed by atoms with Gasteiger partial charge in [0.2, 0.25) is 11.8 Å². The molecule has 14 nitrogen and oxygen atoms in total. The summed E-state index contributed by atoms with van der Waals surface area (Å²) >= 11 is 0. The van der Waals surface area contributed by atoms with Gasteiger partial charge in [0.05, 0.1) is 34.0 Å². The van der Waals surface area contributed by atoms with Crippen molar-refractivity contribution in [1.82, 2.24) is 24.6 Å². The Morgan fingerprint density at radius 1 is 0.791 bits per heavy atom. The van der Waals surface area contributed by atoms with Crippen molar-refractivity contribution in [1.29, 1.82) is 0 Å². The number of amides is 3. The second-order valence-electron chi connectivity index (χ2n) is 18.6. The smallest absolute Gasteiger partial charge is 0.409 e. The van der Waals surface area contributed by atoms with Crippen molar-refractivity contribution < 1.29 is 38.1 Å². The summed E-state index contributed by atoms with van der Waals surface area (Å²) in [4.78, 5) is 58.9. The van der Waals surface area contributed by atoms with Gasteiger partial charge in [-0.05, 0) is 122 Å². The predicted molar refractivity (Wildman–Crippen MR) is 257 cm³/mol. The van der Waals surface area contributed by atoms with E-state index in [1.165, 1.54) is 16.0 Å². The van der Waals surface area contributed by atoms with E-state index in [0.717, 1.165) is 53.3 Å². The van der Waals surface area contributed by atoms with Crippen LogP contribution >= 0.6 is 0 Å². The van der Waals surface area contributed by atoms with Gasteiger partial charge in [0.1, 0.15) is 12.4 Å². The summed E-state index contributed by atoms with van der Waals surface area (Å²) in [6.45, 7) is 11.3. The van der Waals surface area contributed by atoms with Gasteiger partial charge in [0.25, 0.3) is 0 Å². The predicted octanol–water partition coefficient (Wildman–Crippen LogP) is 7.36. The van der Waals surface area contributed by atoms with E-state index in [1.807, 2.05) is 37.3 Å². The highest BCUT2D eigenvalue weighted by Gasteiger charge is 2.58. The number of methoxy groups -OCH3 is 4. The first-order valence-electron chi connectivity index (χ1n) is 23.9. The lowest BCUT2D eigenvalue weighted by Crippen LogP contribution is -2.63. The van der Waals surface area contributed by atoms with Crippen LogP contribution in [0, 0.1) is 25.7 Å². The number of piperazine rings is 1. The third-order valence-electron chi connectivity index (χ3n) is 14.8. The number of hydrogen-bond acceptors (Lipinski definition) is 11. The van der Waals surface area contributed by atoms with E-state index in [2.05, 4.69) is 69.8 Å². The van der Waals surface area contributed by atoms with Gasteiger partial charge < -0.3 is 43.3 Å². The number of anilines is 1. The molecule has 4 aromatic rings. The van der Waals surface area contributed by atoms with Crippen LogP contribution in [0.25, 0.3) is 0 Å². The molecule has 4 aliphatic rings. The van der Waals surface area contributed by atoms with E-state index in [9.17, 15) is 4.79 Å². The number of rotatable bonds is 13. The zero-order chi connectivity index (χ0) is 47.4. The van der Waals surface area contributed by atoms with Crippen LogP contribution in [0.4, 0.5) is 10.6 Å². The number of aromatic nitrogens is 1. The van der Waals surface area contributed by atoms with Crippen LogP contribution in [-0.4, -0.2) is 130 Å². The first-order chi connectivity index (χ1) is 32.4. The highest BCUT2D eigenvalue weighted by molar-refractivity contribution is 5.81. The van der Waals surface area contributed by atoms with E-state index in [4.69, 9.17) is 28.7 Å². The van der Waals surface area contributed by atoms with Crippen LogP contribution in [0.15, 0.2) is 66.7 Å². The first kappa shape index (κ1) is 47.5. The summed E-state index contributed by atoms with van der Waals surface area (Å²) in [6.07, 6.45) is 2.73. The molecule has 1 saturated carbocycles. The van der Waals surface area contributed by atoms with Crippen LogP contribution in [0.3, 0.4) is 0 Å². The molecule has 0 bridgehead atoms. The van der Waals surface area contributed by atoms with Crippen LogP contribution in [0.5, 0.6) is 23.0 Å². The summed E-state index contributed by atoms with van der Waals surface area (Å²) in [5.41, 5.74) is 6.60. The molecule has 1 aromatic heterocycles. The number of carbonyl (C=O) groups is 3. The molecule has 1 aliphatic carbocycles. The molecule has 4 unspecified atom stereocenters. The maximum atomic E-state index is 15.3. The van der Waals surface area contributed by atoms with Crippen LogP contribution < -0.4 is 23.8 Å². The molecular weight excluding hydrogens is 849 g/mol. The van der Waals surface area contributed by atoms with Gasteiger partial charge in [-0.15, -0.1) is 0 Å². The second kappa shape index (κ2) is 20.5. The molecule has 3 aliphatic heterocycles. The van der Waals surface area contributed by atoms with Crippen molar-refractivity contribution >= 4 is 23.7 Å². The summed E-state index contributed by atoms with van der Waals surface area (Å²) in [5.74, 6) is 3.08. The maximum Gasteiger partial charge on any atom is 0.409 e. The number of ether oxygens (including phenoxy) is 5. The summed E-state index contributed by atoms with van der Waals surface area (Å²) in [7, 11) is 8.30. The van der Waals surface area contributed by atoms with Crippen LogP contribution in [0.1, 0.15) is 77.7 Å². The number of likely N-dealkylation sites (N-methyl/N-ethyl adjacent to an activating group) is 1. The molecule has 2 fully saturated rings. The van der Waals surface area contributed by atoms with Gasteiger partial charge in [-0.25, -0.2) is 9.78 Å². The van der Waals surface area contributed by atoms with Crippen LogP contribution in [-0.2, 0) is 39.3 Å². The molecule has 3 amide bonds. The zero-order valence-electron chi connectivity index (χ0n) is 40.6. The molecule has 67 heavy (non-hydrogen) atoms.